The molecule has 3 aromatic rings. The molecule has 1 heterocycles. The summed E-state index contributed by atoms with van der Waals surface area (Å²) in [7, 11) is 0. The Bertz CT molecular complexity index is 818. The first kappa shape index (κ1) is 13.5. The third-order valence-corrected chi connectivity index (χ3v) is 4.22. The fourth-order valence-corrected chi connectivity index (χ4v) is 2.80. The van der Waals surface area contributed by atoms with Crippen LogP contribution in [0.2, 0.25) is 5.02 Å². The molecule has 0 aliphatic rings. The minimum Gasteiger partial charge on any atom is -0.506 e. The quantitative estimate of drug-likeness (QED) is 0.674. The highest BCUT2D eigenvalue weighted by molar-refractivity contribution is 9.10. The molecule has 1 N–H and O–H groups in total. The summed E-state index contributed by atoms with van der Waals surface area (Å²) in [6, 6.07) is 8.95. The predicted octanol–water partition coefficient (Wildman–Crippen LogP) is 4.56. The van der Waals surface area contributed by atoms with Crippen molar-refractivity contribution in [2.45, 2.75) is 0 Å². The molecule has 20 heavy (non-hydrogen) atoms. The maximum absolute atomic E-state index is 9.98. The van der Waals surface area contributed by atoms with Crippen LogP contribution in [0.15, 0.2) is 39.8 Å². The predicted molar refractivity (Wildman–Crippen MR) is 85.5 cm³/mol. The molecule has 0 atom stereocenters. The third kappa shape index (κ3) is 2.42. The highest BCUT2D eigenvalue weighted by atomic mass is 79.9. The van der Waals surface area contributed by atoms with Gasteiger partial charge in [0, 0.05) is 6.21 Å². The van der Waals surface area contributed by atoms with E-state index in [2.05, 4.69) is 29.7 Å². The molecule has 0 aliphatic heterocycles. The molecule has 7 heteroatoms. The molecule has 2 aromatic carbocycles. The lowest BCUT2D eigenvalue weighted by atomic mass is 10.2. The van der Waals surface area contributed by atoms with Gasteiger partial charge < -0.3 is 5.11 Å². The zero-order valence-electron chi connectivity index (χ0n) is 9.92. The van der Waals surface area contributed by atoms with Gasteiger partial charge in [0.25, 0.3) is 0 Å². The molecule has 0 fully saturated rings. The summed E-state index contributed by atoms with van der Waals surface area (Å²) in [4.78, 5) is 4.35. The van der Waals surface area contributed by atoms with Gasteiger partial charge in [0.2, 0.25) is 0 Å². The van der Waals surface area contributed by atoms with Crippen LogP contribution in [0.3, 0.4) is 0 Å². The van der Waals surface area contributed by atoms with E-state index in [1.807, 2.05) is 18.2 Å². The van der Waals surface area contributed by atoms with Crippen molar-refractivity contribution >= 4 is 62.2 Å². The second-order valence-electron chi connectivity index (χ2n) is 3.96. The van der Waals surface area contributed by atoms with Gasteiger partial charge in [0.15, 0.2) is 0 Å². The van der Waals surface area contributed by atoms with E-state index in [0.29, 0.717) is 20.7 Å². The number of hydrogen-bond acceptors (Lipinski definition) is 5. The molecule has 1 aromatic heterocycles. The number of aliphatic imine (C=N–C) groups is 1. The third-order valence-electron chi connectivity index (χ3n) is 2.71. The van der Waals surface area contributed by atoms with Gasteiger partial charge in [-0.2, -0.15) is 8.75 Å². The lowest BCUT2D eigenvalue weighted by Gasteiger charge is -2.03. The van der Waals surface area contributed by atoms with Crippen molar-refractivity contribution < 1.29 is 5.11 Å². The first-order valence-corrected chi connectivity index (χ1v) is 7.49. The number of fused-ring (bicyclic) bond motifs is 1. The van der Waals surface area contributed by atoms with E-state index in [1.54, 1.807) is 12.1 Å². The van der Waals surface area contributed by atoms with Gasteiger partial charge in [0.05, 0.1) is 32.5 Å². The summed E-state index contributed by atoms with van der Waals surface area (Å²) in [6.07, 6.45) is 1.52. The van der Waals surface area contributed by atoms with Crippen molar-refractivity contribution in [1.82, 2.24) is 8.75 Å². The maximum Gasteiger partial charge on any atom is 0.140 e. The Balaban J connectivity index is 2.07. The minimum absolute atomic E-state index is 0.0600. The first-order chi connectivity index (χ1) is 9.66. The second kappa shape index (κ2) is 5.47. The fraction of sp³-hybridized carbons (Fsp3) is 0. The summed E-state index contributed by atoms with van der Waals surface area (Å²) >= 11 is 10.5. The van der Waals surface area contributed by atoms with Crippen LogP contribution in [-0.4, -0.2) is 20.1 Å². The Morgan fingerprint density at radius 3 is 2.95 bits per heavy atom. The number of rotatable bonds is 2. The molecule has 3 rings (SSSR count). The number of nitrogens with zero attached hydrogens (tertiary/aromatic N) is 3. The zero-order valence-corrected chi connectivity index (χ0v) is 13.1. The Morgan fingerprint density at radius 1 is 1.25 bits per heavy atom. The van der Waals surface area contributed by atoms with E-state index < -0.39 is 0 Å². The van der Waals surface area contributed by atoms with E-state index in [1.165, 1.54) is 6.21 Å². The van der Waals surface area contributed by atoms with E-state index in [9.17, 15) is 5.11 Å². The van der Waals surface area contributed by atoms with Crippen molar-refractivity contribution in [2.75, 3.05) is 0 Å². The average molecular weight is 369 g/mol. The number of benzene rings is 2. The number of phenols is 1. The van der Waals surface area contributed by atoms with E-state index >= 15 is 0 Å². The van der Waals surface area contributed by atoms with Crippen molar-refractivity contribution in [3.8, 4) is 5.75 Å². The topological polar surface area (TPSA) is 58.4 Å². The zero-order chi connectivity index (χ0) is 14.1. The molecule has 0 radical (unpaired) electrons. The van der Waals surface area contributed by atoms with Crippen molar-refractivity contribution in [2.24, 2.45) is 4.99 Å². The van der Waals surface area contributed by atoms with Crippen LogP contribution in [0.25, 0.3) is 11.0 Å². The molecule has 100 valence electrons. The highest BCUT2D eigenvalue weighted by Gasteiger charge is 2.09. The molecule has 0 saturated heterocycles. The summed E-state index contributed by atoms with van der Waals surface area (Å²) in [5, 5.41) is 10.4. The molecule has 0 unspecified atom stereocenters. The van der Waals surface area contributed by atoms with Crippen LogP contribution in [-0.2, 0) is 0 Å². The summed E-state index contributed by atoms with van der Waals surface area (Å²) in [6.45, 7) is 0. The van der Waals surface area contributed by atoms with Crippen LogP contribution in [0, 0.1) is 0 Å². The Hall–Kier alpha value is -1.50. The monoisotopic (exact) mass is 367 g/mol. The normalized spacial score (nSPS) is 11.5. The molecule has 0 amide bonds. The molecule has 0 spiro atoms. The number of aromatic hydroxyl groups is 1. The molecular weight excluding hydrogens is 362 g/mol. The lowest BCUT2D eigenvalue weighted by molar-refractivity contribution is 0.471. The van der Waals surface area contributed by atoms with E-state index in [-0.39, 0.29) is 5.75 Å². The van der Waals surface area contributed by atoms with Gasteiger partial charge >= 0.3 is 0 Å². The van der Waals surface area contributed by atoms with Gasteiger partial charge in [0.1, 0.15) is 16.8 Å². The minimum atomic E-state index is 0.0600. The van der Waals surface area contributed by atoms with Crippen LogP contribution < -0.4 is 0 Å². The second-order valence-corrected chi connectivity index (χ2v) is 5.75. The van der Waals surface area contributed by atoms with Crippen molar-refractivity contribution in [3.05, 3.63) is 45.4 Å². The molecule has 4 nitrogen and oxygen atoms in total. The molecule has 0 saturated carbocycles. The van der Waals surface area contributed by atoms with Gasteiger partial charge in [-0.3, -0.25) is 4.99 Å². The van der Waals surface area contributed by atoms with Crippen molar-refractivity contribution in [1.29, 1.82) is 0 Å². The number of phenolic OH excluding ortho intramolecular Hbond substituents is 1. The fourth-order valence-electron chi connectivity index (χ4n) is 1.71. The van der Waals surface area contributed by atoms with E-state index in [0.717, 1.165) is 22.8 Å². The Kier molecular flexibility index (Phi) is 3.69. The Morgan fingerprint density at radius 2 is 2.10 bits per heavy atom. The van der Waals surface area contributed by atoms with Gasteiger partial charge in [-0.15, -0.1) is 0 Å². The smallest absolute Gasteiger partial charge is 0.140 e. The Labute approximate surface area is 132 Å². The van der Waals surface area contributed by atoms with Gasteiger partial charge in [-0.1, -0.05) is 17.7 Å². The number of aromatic nitrogens is 2. The average Bonchev–Trinajstić information content (AvgIpc) is 2.92. The molecule has 0 bridgehead atoms. The van der Waals surface area contributed by atoms with Crippen LogP contribution in [0.4, 0.5) is 5.69 Å². The number of halogens is 2. The first-order valence-electron chi connectivity index (χ1n) is 5.59. The standard InChI is InChI=1S/C13H7BrClN3OS/c14-8-4-5-9(15)7(13(8)19)6-16-10-2-1-3-11-12(10)18-20-17-11/h1-6,19H. The van der Waals surface area contributed by atoms with Crippen LogP contribution in [0.1, 0.15) is 5.56 Å². The lowest BCUT2D eigenvalue weighted by Crippen LogP contribution is -1.85. The molecular formula is C13H7BrClN3OS. The van der Waals surface area contributed by atoms with Crippen LogP contribution >= 0.6 is 39.3 Å². The SMILES string of the molecule is Oc1c(Br)ccc(Cl)c1C=Nc1cccc2nsnc12. The molecule has 0 aliphatic carbocycles. The van der Waals surface area contributed by atoms with Crippen LogP contribution in [0.5, 0.6) is 5.75 Å². The summed E-state index contributed by atoms with van der Waals surface area (Å²) in [5.74, 6) is 0.0600. The largest absolute Gasteiger partial charge is 0.506 e. The summed E-state index contributed by atoms with van der Waals surface area (Å²) < 4.78 is 8.93. The maximum atomic E-state index is 9.98. The van der Waals surface area contributed by atoms with Gasteiger partial charge in [-0.25, -0.2) is 0 Å². The van der Waals surface area contributed by atoms with Crippen molar-refractivity contribution in [3.63, 3.8) is 0 Å². The van der Waals surface area contributed by atoms with Gasteiger partial charge in [-0.05, 0) is 40.2 Å². The van der Waals surface area contributed by atoms with E-state index in [4.69, 9.17) is 11.6 Å². The highest BCUT2D eigenvalue weighted by Crippen LogP contribution is 2.32. The number of hydrogen-bond donors (Lipinski definition) is 1. The summed E-state index contributed by atoms with van der Waals surface area (Å²) in [5.41, 5.74) is 2.68.